The van der Waals surface area contributed by atoms with E-state index in [1.807, 2.05) is 18.4 Å². The standard InChI is InChI=1S/C16H18FNO2/c1-9(2)18-11(4)13(16(19)20)8-15(18)12-5-6-14(17)10(3)7-12/h5-9H,1-4H3,(H,19,20). The lowest BCUT2D eigenvalue weighted by molar-refractivity contribution is 0.0696. The van der Waals surface area contributed by atoms with E-state index in [4.69, 9.17) is 0 Å². The minimum absolute atomic E-state index is 0.128. The van der Waals surface area contributed by atoms with E-state index in [9.17, 15) is 14.3 Å². The Balaban J connectivity index is 2.69. The summed E-state index contributed by atoms with van der Waals surface area (Å²) >= 11 is 0. The number of halogens is 1. The van der Waals surface area contributed by atoms with Gasteiger partial charge in [-0.3, -0.25) is 0 Å². The van der Waals surface area contributed by atoms with E-state index >= 15 is 0 Å². The number of hydrogen-bond acceptors (Lipinski definition) is 1. The van der Waals surface area contributed by atoms with Crippen LogP contribution < -0.4 is 0 Å². The lowest BCUT2D eigenvalue weighted by atomic mass is 10.1. The molecule has 3 nitrogen and oxygen atoms in total. The van der Waals surface area contributed by atoms with Crippen LogP contribution in [0.3, 0.4) is 0 Å². The molecule has 106 valence electrons. The van der Waals surface area contributed by atoms with Crippen molar-refractivity contribution in [3.8, 4) is 11.3 Å². The molecule has 20 heavy (non-hydrogen) atoms. The van der Waals surface area contributed by atoms with E-state index in [-0.39, 0.29) is 17.4 Å². The van der Waals surface area contributed by atoms with Crippen molar-refractivity contribution >= 4 is 5.97 Å². The zero-order valence-electron chi connectivity index (χ0n) is 12.1. The summed E-state index contributed by atoms with van der Waals surface area (Å²) in [7, 11) is 0. The second-order valence-corrected chi connectivity index (χ2v) is 5.26. The smallest absolute Gasteiger partial charge is 0.337 e. The van der Waals surface area contributed by atoms with Gasteiger partial charge in [-0.25, -0.2) is 9.18 Å². The molecule has 4 heteroatoms. The molecule has 0 atom stereocenters. The molecule has 0 fully saturated rings. The number of carbonyl (C=O) groups is 1. The van der Waals surface area contributed by atoms with Crippen molar-refractivity contribution in [2.75, 3.05) is 0 Å². The summed E-state index contributed by atoms with van der Waals surface area (Å²) in [6.07, 6.45) is 0. The number of carboxylic acid groups (broad SMARTS) is 1. The highest BCUT2D eigenvalue weighted by Crippen LogP contribution is 2.30. The topological polar surface area (TPSA) is 42.2 Å². The molecular formula is C16H18FNO2. The number of aromatic carboxylic acids is 1. The molecular weight excluding hydrogens is 257 g/mol. The predicted molar refractivity (Wildman–Crippen MR) is 76.6 cm³/mol. The highest BCUT2D eigenvalue weighted by Gasteiger charge is 2.19. The summed E-state index contributed by atoms with van der Waals surface area (Å²) in [5.74, 6) is -1.20. The maximum absolute atomic E-state index is 13.4. The lowest BCUT2D eigenvalue weighted by Crippen LogP contribution is -2.06. The van der Waals surface area contributed by atoms with E-state index in [1.165, 1.54) is 6.07 Å². The fourth-order valence-corrected chi connectivity index (χ4v) is 2.53. The summed E-state index contributed by atoms with van der Waals surface area (Å²) < 4.78 is 15.4. The van der Waals surface area contributed by atoms with Crippen LogP contribution in [-0.4, -0.2) is 15.6 Å². The molecule has 0 radical (unpaired) electrons. The van der Waals surface area contributed by atoms with Crippen LogP contribution in [0.4, 0.5) is 4.39 Å². The normalized spacial score (nSPS) is 11.1. The second kappa shape index (κ2) is 5.12. The third-order valence-corrected chi connectivity index (χ3v) is 3.49. The third kappa shape index (κ3) is 2.33. The number of aromatic nitrogens is 1. The fraction of sp³-hybridized carbons (Fsp3) is 0.312. The fourth-order valence-electron chi connectivity index (χ4n) is 2.53. The Hall–Kier alpha value is -2.10. The monoisotopic (exact) mass is 275 g/mol. The number of hydrogen-bond donors (Lipinski definition) is 1. The summed E-state index contributed by atoms with van der Waals surface area (Å²) in [5.41, 5.74) is 3.18. The highest BCUT2D eigenvalue weighted by atomic mass is 19.1. The van der Waals surface area contributed by atoms with Crippen LogP contribution in [0.15, 0.2) is 24.3 Å². The van der Waals surface area contributed by atoms with Gasteiger partial charge in [-0.2, -0.15) is 0 Å². The molecule has 0 aliphatic rings. The molecule has 0 unspecified atom stereocenters. The zero-order chi connectivity index (χ0) is 15.0. The van der Waals surface area contributed by atoms with Crippen LogP contribution >= 0.6 is 0 Å². The van der Waals surface area contributed by atoms with Gasteiger partial charge >= 0.3 is 5.97 Å². The van der Waals surface area contributed by atoms with Crippen LogP contribution in [-0.2, 0) is 0 Å². The van der Waals surface area contributed by atoms with Crippen molar-refractivity contribution in [3.05, 3.63) is 46.9 Å². The van der Waals surface area contributed by atoms with E-state index in [2.05, 4.69) is 0 Å². The zero-order valence-corrected chi connectivity index (χ0v) is 12.1. The Bertz CT molecular complexity index is 671. The van der Waals surface area contributed by atoms with Gasteiger partial charge < -0.3 is 9.67 Å². The summed E-state index contributed by atoms with van der Waals surface area (Å²) in [5, 5.41) is 9.26. The maximum atomic E-state index is 13.4. The van der Waals surface area contributed by atoms with Crippen LogP contribution in [0, 0.1) is 19.7 Å². The Morgan fingerprint density at radius 2 is 1.90 bits per heavy atom. The van der Waals surface area contributed by atoms with Crippen molar-refractivity contribution in [2.24, 2.45) is 0 Å². The summed E-state index contributed by atoms with van der Waals surface area (Å²) in [6.45, 7) is 7.49. The number of aryl methyl sites for hydroxylation is 1. The minimum atomic E-state index is -0.943. The summed E-state index contributed by atoms with van der Waals surface area (Å²) in [6, 6.07) is 6.63. The predicted octanol–water partition coefficient (Wildman–Crippen LogP) is 4.19. The SMILES string of the molecule is Cc1cc(-c2cc(C(=O)O)c(C)n2C(C)C)ccc1F. The van der Waals surface area contributed by atoms with Gasteiger partial charge in [0.1, 0.15) is 5.82 Å². The molecule has 0 saturated carbocycles. The van der Waals surface area contributed by atoms with Gasteiger partial charge in [0, 0.05) is 17.4 Å². The van der Waals surface area contributed by atoms with Gasteiger partial charge in [0.15, 0.2) is 0 Å². The molecule has 0 amide bonds. The quantitative estimate of drug-likeness (QED) is 0.912. The number of rotatable bonds is 3. The molecule has 0 spiro atoms. The first-order valence-electron chi connectivity index (χ1n) is 6.54. The molecule has 0 aliphatic carbocycles. The average molecular weight is 275 g/mol. The molecule has 1 aromatic carbocycles. The molecule has 2 aromatic rings. The van der Waals surface area contributed by atoms with Crippen LogP contribution in [0.1, 0.15) is 41.5 Å². The first-order valence-corrected chi connectivity index (χ1v) is 6.54. The molecule has 1 N–H and O–H groups in total. The van der Waals surface area contributed by atoms with E-state index in [1.54, 1.807) is 32.0 Å². The second-order valence-electron chi connectivity index (χ2n) is 5.26. The Kier molecular flexibility index (Phi) is 3.66. The van der Waals surface area contributed by atoms with Crippen molar-refractivity contribution in [1.29, 1.82) is 0 Å². The van der Waals surface area contributed by atoms with Crippen LogP contribution in [0.2, 0.25) is 0 Å². The summed E-state index contributed by atoms with van der Waals surface area (Å²) in [4.78, 5) is 11.3. The number of nitrogens with zero attached hydrogens (tertiary/aromatic N) is 1. The lowest BCUT2D eigenvalue weighted by Gasteiger charge is -2.16. The molecule has 1 aromatic heterocycles. The van der Waals surface area contributed by atoms with Crippen LogP contribution in [0.5, 0.6) is 0 Å². The first-order chi connectivity index (χ1) is 9.32. The minimum Gasteiger partial charge on any atom is -0.478 e. The van der Waals surface area contributed by atoms with Gasteiger partial charge in [0.25, 0.3) is 0 Å². The number of carboxylic acids is 1. The Morgan fingerprint density at radius 3 is 2.40 bits per heavy atom. The van der Waals surface area contributed by atoms with Gasteiger partial charge in [-0.1, -0.05) is 0 Å². The van der Waals surface area contributed by atoms with Crippen molar-refractivity contribution in [3.63, 3.8) is 0 Å². The third-order valence-electron chi connectivity index (χ3n) is 3.49. The largest absolute Gasteiger partial charge is 0.478 e. The van der Waals surface area contributed by atoms with Gasteiger partial charge in [0.05, 0.1) is 5.56 Å². The Labute approximate surface area is 117 Å². The molecule has 1 heterocycles. The van der Waals surface area contributed by atoms with Gasteiger partial charge in [-0.05, 0) is 63.1 Å². The molecule has 0 aliphatic heterocycles. The Morgan fingerprint density at radius 1 is 1.25 bits per heavy atom. The van der Waals surface area contributed by atoms with E-state index < -0.39 is 5.97 Å². The van der Waals surface area contributed by atoms with Crippen molar-refractivity contribution < 1.29 is 14.3 Å². The number of benzene rings is 1. The van der Waals surface area contributed by atoms with Crippen molar-refractivity contribution in [2.45, 2.75) is 33.7 Å². The molecule has 2 rings (SSSR count). The van der Waals surface area contributed by atoms with Crippen LogP contribution in [0.25, 0.3) is 11.3 Å². The van der Waals surface area contributed by atoms with Gasteiger partial charge in [0.2, 0.25) is 0 Å². The maximum Gasteiger partial charge on any atom is 0.337 e. The van der Waals surface area contributed by atoms with Crippen molar-refractivity contribution in [1.82, 2.24) is 4.57 Å². The molecule has 0 saturated heterocycles. The highest BCUT2D eigenvalue weighted by molar-refractivity contribution is 5.91. The molecule has 0 bridgehead atoms. The van der Waals surface area contributed by atoms with E-state index in [0.717, 1.165) is 11.3 Å². The first kappa shape index (κ1) is 14.3. The van der Waals surface area contributed by atoms with E-state index in [0.29, 0.717) is 11.3 Å². The van der Waals surface area contributed by atoms with Gasteiger partial charge in [-0.15, -0.1) is 0 Å². The average Bonchev–Trinajstić information content (AvgIpc) is 2.70.